The van der Waals surface area contributed by atoms with E-state index < -0.39 is 5.41 Å². The summed E-state index contributed by atoms with van der Waals surface area (Å²) >= 11 is 0. The highest BCUT2D eigenvalue weighted by Crippen LogP contribution is 2.43. The van der Waals surface area contributed by atoms with Crippen molar-refractivity contribution in [3.8, 4) is 0 Å². The van der Waals surface area contributed by atoms with Crippen LogP contribution < -0.4 is 5.32 Å². The highest BCUT2D eigenvalue weighted by atomic mass is 16.2. The molecule has 2 heterocycles. The highest BCUT2D eigenvalue weighted by molar-refractivity contribution is 6.03. The Morgan fingerprint density at radius 3 is 2.43 bits per heavy atom. The number of piperidine rings is 2. The summed E-state index contributed by atoms with van der Waals surface area (Å²) in [5.74, 6) is 0.0724. The molecule has 2 amide bonds. The summed E-state index contributed by atoms with van der Waals surface area (Å²) in [6, 6.07) is 10.0. The van der Waals surface area contributed by atoms with E-state index in [0.29, 0.717) is 18.8 Å². The van der Waals surface area contributed by atoms with E-state index in [2.05, 4.69) is 17.3 Å². The molecular formula is C17H22N2O2. The van der Waals surface area contributed by atoms with Crippen molar-refractivity contribution in [3.63, 3.8) is 0 Å². The molecule has 21 heavy (non-hydrogen) atoms. The second-order valence-electron chi connectivity index (χ2n) is 6.29. The fourth-order valence-electron chi connectivity index (χ4n) is 3.86. The average Bonchev–Trinajstić information content (AvgIpc) is 2.50. The summed E-state index contributed by atoms with van der Waals surface area (Å²) in [4.78, 5) is 26.7. The van der Waals surface area contributed by atoms with Crippen LogP contribution in [0.2, 0.25) is 0 Å². The lowest BCUT2D eigenvalue weighted by Gasteiger charge is -2.45. The Kier molecular flexibility index (Phi) is 3.81. The van der Waals surface area contributed by atoms with Gasteiger partial charge < -0.3 is 4.90 Å². The van der Waals surface area contributed by atoms with Crippen LogP contribution in [0.25, 0.3) is 0 Å². The lowest BCUT2D eigenvalue weighted by Crippen LogP contribution is -2.57. The topological polar surface area (TPSA) is 49.4 Å². The molecule has 4 heteroatoms. The van der Waals surface area contributed by atoms with Crippen LogP contribution in [0.5, 0.6) is 0 Å². The molecule has 2 aliphatic rings. The maximum Gasteiger partial charge on any atom is 0.237 e. The number of imide groups is 1. The number of nitrogens with zero attached hydrogens (tertiary/aromatic N) is 1. The zero-order chi connectivity index (χ0) is 14.9. The quantitative estimate of drug-likeness (QED) is 0.842. The first kappa shape index (κ1) is 14.3. The van der Waals surface area contributed by atoms with E-state index in [4.69, 9.17) is 0 Å². The van der Waals surface area contributed by atoms with Gasteiger partial charge in [-0.15, -0.1) is 0 Å². The summed E-state index contributed by atoms with van der Waals surface area (Å²) in [5, 5.41) is 2.59. The molecule has 1 unspecified atom stereocenters. The average molecular weight is 286 g/mol. The summed E-state index contributed by atoms with van der Waals surface area (Å²) < 4.78 is 0. The fourth-order valence-corrected chi connectivity index (χ4v) is 3.86. The van der Waals surface area contributed by atoms with Crippen LogP contribution in [0.3, 0.4) is 0 Å². The van der Waals surface area contributed by atoms with Gasteiger partial charge in [-0.3, -0.25) is 14.9 Å². The van der Waals surface area contributed by atoms with Crippen LogP contribution in [-0.2, 0) is 15.0 Å². The lowest BCUT2D eigenvalue weighted by atomic mass is 9.62. The SMILES string of the molecule is CN1CCC(C2(c3ccccc3)CCC(=O)NC2=O)CC1. The number of amides is 2. The normalized spacial score (nSPS) is 28.4. The van der Waals surface area contributed by atoms with Gasteiger partial charge in [0.25, 0.3) is 0 Å². The van der Waals surface area contributed by atoms with Crippen LogP contribution in [-0.4, -0.2) is 36.9 Å². The van der Waals surface area contributed by atoms with Crippen LogP contribution >= 0.6 is 0 Å². The molecule has 0 spiro atoms. The molecule has 1 aromatic carbocycles. The van der Waals surface area contributed by atoms with Crippen LogP contribution in [0, 0.1) is 5.92 Å². The minimum atomic E-state index is -0.531. The lowest BCUT2D eigenvalue weighted by molar-refractivity contribution is -0.140. The number of likely N-dealkylation sites (tertiary alicyclic amines) is 1. The van der Waals surface area contributed by atoms with E-state index in [9.17, 15) is 9.59 Å². The number of nitrogens with one attached hydrogen (secondary N) is 1. The van der Waals surface area contributed by atoms with Crippen molar-refractivity contribution in [2.45, 2.75) is 31.1 Å². The molecule has 0 bridgehead atoms. The van der Waals surface area contributed by atoms with E-state index in [1.54, 1.807) is 0 Å². The predicted molar refractivity (Wildman–Crippen MR) is 80.7 cm³/mol. The first-order valence-electron chi connectivity index (χ1n) is 7.71. The number of rotatable bonds is 2. The number of benzene rings is 1. The third-order valence-electron chi connectivity index (χ3n) is 5.11. The van der Waals surface area contributed by atoms with Crippen LogP contribution in [0.1, 0.15) is 31.2 Å². The van der Waals surface area contributed by atoms with Gasteiger partial charge >= 0.3 is 0 Å². The van der Waals surface area contributed by atoms with E-state index >= 15 is 0 Å². The van der Waals surface area contributed by atoms with Crippen molar-refractivity contribution in [2.24, 2.45) is 5.92 Å². The predicted octanol–water partition coefficient (Wildman–Crippen LogP) is 1.70. The molecule has 1 aromatic rings. The van der Waals surface area contributed by atoms with Gasteiger partial charge in [-0.1, -0.05) is 30.3 Å². The largest absolute Gasteiger partial charge is 0.306 e. The first-order valence-corrected chi connectivity index (χ1v) is 7.71. The Bertz CT molecular complexity index is 535. The molecular weight excluding hydrogens is 264 g/mol. The summed E-state index contributed by atoms with van der Waals surface area (Å²) in [5.41, 5.74) is 0.528. The van der Waals surface area contributed by atoms with E-state index in [0.717, 1.165) is 31.5 Å². The molecule has 0 radical (unpaired) electrons. The maximum atomic E-state index is 12.8. The Morgan fingerprint density at radius 2 is 1.81 bits per heavy atom. The molecule has 2 fully saturated rings. The van der Waals surface area contributed by atoms with Gasteiger partial charge in [0.1, 0.15) is 0 Å². The standard InChI is InChI=1S/C17H22N2O2/c1-19-11-8-14(9-12-19)17(13-5-3-2-4-6-13)10-7-15(20)18-16(17)21/h2-6,14H,7-12H2,1H3,(H,18,20,21). The van der Waals surface area contributed by atoms with Crippen molar-refractivity contribution in [3.05, 3.63) is 35.9 Å². The zero-order valence-corrected chi connectivity index (χ0v) is 12.5. The van der Waals surface area contributed by atoms with Gasteiger partial charge in [0.2, 0.25) is 11.8 Å². The van der Waals surface area contributed by atoms with Crippen molar-refractivity contribution < 1.29 is 9.59 Å². The summed E-state index contributed by atoms with van der Waals surface area (Å²) in [7, 11) is 2.12. The van der Waals surface area contributed by atoms with Crippen molar-refractivity contribution in [2.75, 3.05) is 20.1 Å². The molecule has 0 aliphatic carbocycles. The molecule has 1 atom stereocenters. The summed E-state index contributed by atoms with van der Waals surface area (Å²) in [6.07, 6.45) is 3.09. The highest BCUT2D eigenvalue weighted by Gasteiger charge is 2.50. The van der Waals surface area contributed by atoms with Gasteiger partial charge in [-0.25, -0.2) is 0 Å². The number of carbonyl (C=O) groups is 2. The minimum Gasteiger partial charge on any atom is -0.306 e. The van der Waals surface area contributed by atoms with Crippen LogP contribution in [0.4, 0.5) is 0 Å². The molecule has 4 nitrogen and oxygen atoms in total. The smallest absolute Gasteiger partial charge is 0.237 e. The van der Waals surface area contributed by atoms with Gasteiger partial charge in [0.05, 0.1) is 5.41 Å². The van der Waals surface area contributed by atoms with Crippen molar-refractivity contribution >= 4 is 11.8 Å². The minimum absolute atomic E-state index is 0.0977. The number of carbonyl (C=O) groups excluding carboxylic acids is 2. The molecule has 112 valence electrons. The summed E-state index contributed by atoms with van der Waals surface area (Å²) in [6.45, 7) is 2.03. The Balaban J connectivity index is 1.99. The van der Waals surface area contributed by atoms with Gasteiger partial charge in [-0.05, 0) is 50.9 Å². The Labute approximate surface area is 125 Å². The molecule has 1 N–H and O–H groups in total. The molecule has 2 aliphatic heterocycles. The second kappa shape index (κ2) is 5.60. The van der Waals surface area contributed by atoms with Crippen molar-refractivity contribution in [1.29, 1.82) is 0 Å². The van der Waals surface area contributed by atoms with Gasteiger partial charge in [0.15, 0.2) is 0 Å². The molecule has 0 aromatic heterocycles. The second-order valence-corrected chi connectivity index (χ2v) is 6.29. The van der Waals surface area contributed by atoms with E-state index in [-0.39, 0.29) is 11.8 Å². The van der Waals surface area contributed by atoms with E-state index in [1.165, 1.54) is 0 Å². The Morgan fingerprint density at radius 1 is 1.14 bits per heavy atom. The van der Waals surface area contributed by atoms with Crippen molar-refractivity contribution in [1.82, 2.24) is 10.2 Å². The van der Waals surface area contributed by atoms with E-state index in [1.807, 2.05) is 30.3 Å². The third-order valence-corrected chi connectivity index (χ3v) is 5.11. The third kappa shape index (κ3) is 2.48. The molecule has 2 saturated heterocycles. The van der Waals surface area contributed by atoms with Gasteiger partial charge in [-0.2, -0.15) is 0 Å². The van der Waals surface area contributed by atoms with Gasteiger partial charge in [0, 0.05) is 6.42 Å². The first-order chi connectivity index (χ1) is 10.1. The molecule has 3 rings (SSSR count). The monoisotopic (exact) mass is 286 g/mol. The zero-order valence-electron chi connectivity index (χ0n) is 12.5. The fraction of sp³-hybridized carbons (Fsp3) is 0.529. The number of hydrogen-bond acceptors (Lipinski definition) is 3. The maximum absolute atomic E-state index is 12.8. The molecule has 0 saturated carbocycles. The van der Waals surface area contributed by atoms with Crippen LogP contribution in [0.15, 0.2) is 30.3 Å². The number of hydrogen-bond donors (Lipinski definition) is 1. The Hall–Kier alpha value is -1.68.